The number of ether oxygens (including phenoxy) is 2. The number of nitrogens with one attached hydrogen (secondary N) is 1. The molecule has 0 amide bonds. The average Bonchev–Trinajstić information content (AvgIpc) is 2.46. The van der Waals surface area contributed by atoms with E-state index in [0.717, 1.165) is 0 Å². The molecule has 2 N–H and O–H groups in total. The van der Waals surface area contributed by atoms with Gasteiger partial charge in [0.1, 0.15) is 0 Å². The normalized spacial score (nSPS) is 12.7. The predicted molar refractivity (Wildman–Crippen MR) is 67.6 cm³/mol. The minimum Gasteiger partial charge on any atom is -0.475 e. The van der Waals surface area contributed by atoms with Gasteiger partial charge in [-0.15, -0.1) is 0 Å². The van der Waals surface area contributed by atoms with Crippen molar-refractivity contribution in [2.24, 2.45) is 0 Å². The van der Waals surface area contributed by atoms with Crippen LogP contribution in [-0.2, 0) is 14.3 Å². The van der Waals surface area contributed by atoms with Crippen LogP contribution >= 0.6 is 0 Å². The zero-order valence-electron chi connectivity index (χ0n) is 10.5. The topological polar surface area (TPSA) is 95.9 Å². The van der Waals surface area contributed by atoms with Crippen molar-refractivity contribution in [2.45, 2.75) is 6.04 Å². The maximum Gasteiger partial charge on any atom is 0.473 e. The van der Waals surface area contributed by atoms with Crippen LogP contribution in [0.15, 0.2) is 42.0 Å². The van der Waals surface area contributed by atoms with Crippen LogP contribution in [0, 0.1) is 5.39 Å². The van der Waals surface area contributed by atoms with Gasteiger partial charge in [-0.05, 0) is 12.1 Å². The Bertz CT molecular complexity index is 507. The van der Waals surface area contributed by atoms with E-state index in [1.54, 1.807) is 30.3 Å². The first kappa shape index (κ1) is 14.3. The lowest BCUT2D eigenvalue weighted by Crippen LogP contribution is -2.32. The maximum atomic E-state index is 11.7. The molecule has 7 nitrogen and oxygen atoms in total. The Labute approximate surface area is 110 Å². The van der Waals surface area contributed by atoms with Crippen molar-refractivity contribution in [3.8, 4) is 0 Å². The van der Waals surface area contributed by atoms with Crippen molar-refractivity contribution < 1.29 is 19.4 Å². The third-order valence-corrected chi connectivity index (χ3v) is 2.32. The lowest BCUT2D eigenvalue weighted by atomic mass is 10.2. The SMILES string of the molecule is COC(=O)C(Nc1ccccc1)/C([N+]#N)=C(/O)OC. The Kier molecular flexibility index (Phi) is 5.17. The molecule has 19 heavy (non-hydrogen) atoms. The van der Waals surface area contributed by atoms with Crippen LogP contribution in [0.5, 0.6) is 0 Å². The minimum atomic E-state index is -1.20. The summed E-state index contributed by atoms with van der Waals surface area (Å²) in [5, 5.41) is 21.1. The van der Waals surface area contributed by atoms with Crippen molar-refractivity contribution in [1.29, 1.82) is 5.39 Å². The number of benzene rings is 1. The second-order valence-electron chi connectivity index (χ2n) is 3.46. The standard InChI is InChI=1S/C12H13N3O4/c1-18-11(16)9(10(15-13)12(17)19-2)14-8-6-4-3-5-7-8/h3-7,9,14H,1-2H3/p+1/b12-10+. The molecule has 0 radical (unpaired) electrons. The number of carbonyl (C=O) groups is 1. The van der Waals surface area contributed by atoms with Crippen molar-refractivity contribution in [2.75, 3.05) is 19.5 Å². The van der Waals surface area contributed by atoms with E-state index in [0.29, 0.717) is 5.69 Å². The number of methoxy groups -OCH3 is 2. The first-order valence-corrected chi connectivity index (χ1v) is 5.35. The number of carbonyl (C=O) groups excluding carboxylic acids is 1. The summed E-state index contributed by atoms with van der Waals surface area (Å²) in [7, 11) is 2.36. The highest BCUT2D eigenvalue weighted by Gasteiger charge is 2.39. The van der Waals surface area contributed by atoms with E-state index >= 15 is 0 Å². The fourth-order valence-corrected chi connectivity index (χ4v) is 1.39. The average molecular weight is 264 g/mol. The molecule has 100 valence electrons. The summed E-state index contributed by atoms with van der Waals surface area (Å²) in [5.74, 6) is -1.42. The van der Waals surface area contributed by atoms with Crippen LogP contribution in [0.2, 0.25) is 0 Å². The molecule has 0 fully saturated rings. The number of anilines is 1. The van der Waals surface area contributed by atoms with E-state index in [1.165, 1.54) is 14.2 Å². The number of para-hydroxylation sites is 1. The van der Waals surface area contributed by atoms with Gasteiger partial charge < -0.3 is 19.9 Å². The summed E-state index contributed by atoms with van der Waals surface area (Å²) >= 11 is 0. The molecule has 1 atom stereocenters. The minimum absolute atomic E-state index is 0.377. The highest BCUT2D eigenvalue weighted by molar-refractivity contribution is 5.83. The molecule has 0 aliphatic heterocycles. The Hall–Kier alpha value is -2.75. The summed E-state index contributed by atoms with van der Waals surface area (Å²) in [5.41, 5.74) is 0.209. The van der Waals surface area contributed by atoms with E-state index in [4.69, 9.17) is 5.39 Å². The van der Waals surface area contributed by atoms with Gasteiger partial charge in [-0.3, -0.25) is 0 Å². The summed E-state index contributed by atoms with van der Waals surface area (Å²) < 4.78 is 9.14. The van der Waals surface area contributed by atoms with Gasteiger partial charge in [0.2, 0.25) is 11.4 Å². The third-order valence-electron chi connectivity index (χ3n) is 2.32. The number of hydrogen-bond donors (Lipinski definition) is 2. The van der Waals surface area contributed by atoms with Gasteiger partial charge in [0.05, 0.1) is 14.2 Å². The molecule has 0 saturated heterocycles. The van der Waals surface area contributed by atoms with Crippen LogP contribution in [0.3, 0.4) is 0 Å². The van der Waals surface area contributed by atoms with Crippen LogP contribution in [0.1, 0.15) is 0 Å². The zero-order valence-corrected chi connectivity index (χ0v) is 10.5. The van der Waals surface area contributed by atoms with Gasteiger partial charge in [0, 0.05) is 5.69 Å². The molecule has 0 bridgehead atoms. The lowest BCUT2D eigenvalue weighted by Gasteiger charge is -2.11. The first-order valence-electron chi connectivity index (χ1n) is 5.35. The third kappa shape index (κ3) is 3.61. The molecule has 0 heterocycles. The molecule has 7 heteroatoms. The number of rotatable bonds is 5. The molecule has 1 rings (SSSR count). The predicted octanol–water partition coefficient (Wildman–Crippen LogP) is 1.87. The fourth-order valence-electron chi connectivity index (χ4n) is 1.39. The molecular formula is C12H14N3O4+. The summed E-state index contributed by atoms with van der Waals surface area (Å²) in [6.07, 6.45) is 0. The Balaban J connectivity index is 3.10. The van der Waals surface area contributed by atoms with Gasteiger partial charge in [0.15, 0.2) is 4.98 Å². The van der Waals surface area contributed by atoms with E-state index in [-0.39, 0.29) is 5.70 Å². The van der Waals surface area contributed by atoms with Gasteiger partial charge in [0.25, 0.3) is 0 Å². The van der Waals surface area contributed by atoms with Crippen LogP contribution in [0.25, 0.3) is 4.98 Å². The molecule has 1 aromatic carbocycles. The molecule has 1 unspecified atom stereocenters. The Morgan fingerprint density at radius 1 is 1.32 bits per heavy atom. The Morgan fingerprint density at radius 3 is 2.42 bits per heavy atom. The molecule has 0 aromatic heterocycles. The van der Waals surface area contributed by atoms with Crippen LogP contribution in [-0.4, -0.2) is 31.3 Å². The summed E-state index contributed by atoms with van der Waals surface area (Å²) in [4.78, 5) is 14.5. The molecule has 0 aliphatic rings. The van der Waals surface area contributed by atoms with E-state index < -0.39 is 18.0 Å². The van der Waals surface area contributed by atoms with Gasteiger partial charge in [-0.25, -0.2) is 4.79 Å². The molecular weight excluding hydrogens is 250 g/mol. The van der Waals surface area contributed by atoms with Gasteiger partial charge >= 0.3 is 17.6 Å². The number of esters is 1. The van der Waals surface area contributed by atoms with Crippen molar-refractivity contribution >= 4 is 11.7 Å². The van der Waals surface area contributed by atoms with Gasteiger partial charge in [-0.2, -0.15) is 0 Å². The smallest absolute Gasteiger partial charge is 0.473 e. The van der Waals surface area contributed by atoms with Crippen LogP contribution < -0.4 is 5.32 Å². The monoisotopic (exact) mass is 264 g/mol. The Morgan fingerprint density at radius 2 is 1.95 bits per heavy atom. The largest absolute Gasteiger partial charge is 0.475 e. The van der Waals surface area contributed by atoms with E-state index in [1.807, 2.05) is 0 Å². The zero-order chi connectivity index (χ0) is 14.3. The number of diazo groups is 1. The van der Waals surface area contributed by atoms with Crippen LogP contribution in [0.4, 0.5) is 5.69 Å². The van der Waals surface area contributed by atoms with Crippen molar-refractivity contribution in [1.82, 2.24) is 0 Å². The molecule has 1 aromatic rings. The summed E-state index contributed by atoms with van der Waals surface area (Å²) in [6, 6.07) is 7.53. The van der Waals surface area contributed by atoms with Crippen molar-refractivity contribution in [3.63, 3.8) is 0 Å². The number of nitrogens with zero attached hydrogens (tertiary/aromatic N) is 2. The molecule has 0 saturated carbocycles. The highest BCUT2D eigenvalue weighted by atomic mass is 16.6. The highest BCUT2D eigenvalue weighted by Crippen LogP contribution is 2.17. The first-order chi connectivity index (χ1) is 9.13. The number of aliphatic hydroxyl groups is 1. The van der Waals surface area contributed by atoms with E-state index in [2.05, 4.69) is 19.8 Å². The molecule has 0 aliphatic carbocycles. The van der Waals surface area contributed by atoms with E-state index in [9.17, 15) is 9.90 Å². The fraction of sp³-hybridized carbons (Fsp3) is 0.250. The quantitative estimate of drug-likeness (QED) is 0.479. The summed E-state index contributed by atoms with van der Waals surface area (Å²) in [6.45, 7) is 0. The second-order valence-corrected chi connectivity index (χ2v) is 3.46. The number of hydrogen-bond acceptors (Lipinski definition) is 6. The molecule has 0 spiro atoms. The lowest BCUT2D eigenvalue weighted by molar-refractivity contribution is -0.140. The van der Waals surface area contributed by atoms with Gasteiger partial charge in [-0.1, -0.05) is 18.2 Å². The van der Waals surface area contributed by atoms with Crippen molar-refractivity contribution in [3.05, 3.63) is 47.0 Å². The number of aliphatic hydroxyl groups excluding tert-OH is 1. The maximum absolute atomic E-state index is 11.7. The second kappa shape index (κ2) is 6.86.